The van der Waals surface area contributed by atoms with Crippen molar-refractivity contribution in [1.29, 1.82) is 0 Å². The normalized spacial score (nSPS) is 10.5. The van der Waals surface area contributed by atoms with Gasteiger partial charge in [-0.05, 0) is 30.7 Å². The molecule has 0 atom stereocenters. The van der Waals surface area contributed by atoms with Gasteiger partial charge in [-0.2, -0.15) is 0 Å². The predicted molar refractivity (Wildman–Crippen MR) is 69.6 cm³/mol. The standard InChI is InChI=1S/C14H17N3/c1-3-15-9-12-5-4-11(2)13(8-12)14-10-16-6-7-17-14/h4-8,10,15H,3,9H2,1-2H3. The Morgan fingerprint density at radius 2 is 2.12 bits per heavy atom. The van der Waals surface area contributed by atoms with Crippen molar-refractivity contribution in [2.45, 2.75) is 20.4 Å². The fourth-order valence-corrected chi connectivity index (χ4v) is 1.76. The van der Waals surface area contributed by atoms with Gasteiger partial charge in [0.05, 0.1) is 11.9 Å². The van der Waals surface area contributed by atoms with E-state index in [1.54, 1.807) is 18.6 Å². The van der Waals surface area contributed by atoms with Crippen LogP contribution in [0.15, 0.2) is 36.8 Å². The number of rotatable bonds is 4. The summed E-state index contributed by atoms with van der Waals surface area (Å²) in [6.07, 6.45) is 5.23. The van der Waals surface area contributed by atoms with Crippen molar-refractivity contribution >= 4 is 0 Å². The largest absolute Gasteiger partial charge is 0.313 e. The lowest BCUT2D eigenvalue weighted by molar-refractivity contribution is 0.727. The van der Waals surface area contributed by atoms with Crippen LogP contribution in [0.5, 0.6) is 0 Å². The van der Waals surface area contributed by atoms with Crippen LogP contribution in [0.4, 0.5) is 0 Å². The smallest absolute Gasteiger partial charge is 0.0887 e. The van der Waals surface area contributed by atoms with Crippen molar-refractivity contribution in [2.75, 3.05) is 6.54 Å². The van der Waals surface area contributed by atoms with E-state index >= 15 is 0 Å². The maximum Gasteiger partial charge on any atom is 0.0887 e. The van der Waals surface area contributed by atoms with Gasteiger partial charge in [-0.3, -0.25) is 9.97 Å². The molecule has 0 aliphatic carbocycles. The van der Waals surface area contributed by atoms with Gasteiger partial charge in [0, 0.05) is 24.5 Å². The molecule has 0 saturated carbocycles. The molecular weight excluding hydrogens is 210 g/mol. The van der Waals surface area contributed by atoms with Crippen molar-refractivity contribution < 1.29 is 0 Å². The van der Waals surface area contributed by atoms with Gasteiger partial charge in [-0.25, -0.2) is 0 Å². The minimum atomic E-state index is 0.893. The van der Waals surface area contributed by atoms with E-state index in [0.717, 1.165) is 24.3 Å². The van der Waals surface area contributed by atoms with Gasteiger partial charge >= 0.3 is 0 Å². The van der Waals surface area contributed by atoms with E-state index in [9.17, 15) is 0 Å². The topological polar surface area (TPSA) is 37.8 Å². The van der Waals surface area contributed by atoms with Crippen molar-refractivity contribution in [3.8, 4) is 11.3 Å². The lowest BCUT2D eigenvalue weighted by atomic mass is 10.0. The number of hydrogen-bond donors (Lipinski definition) is 1. The first-order valence-electron chi connectivity index (χ1n) is 5.88. The molecule has 1 heterocycles. The van der Waals surface area contributed by atoms with Crippen molar-refractivity contribution in [3.05, 3.63) is 47.9 Å². The Morgan fingerprint density at radius 1 is 1.24 bits per heavy atom. The number of nitrogens with one attached hydrogen (secondary N) is 1. The number of aromatic nitrogens is 2. The zero-order valence-electron chi connectivity index (χ0n) is 10.3. The summed E-state index contributed by atoms with van der Waals surface area (Å²) in [5, 5.41) is 3.33. The second-order valence-electron chi connectivity index (χ2n) is 4.02. The number of aryl methyl sites for hydroxylation is 1. The minimum Gasteiger partial charge on any atom is -0.313 e. The molecule has 88 valence electrons. The molecule has 3 nitrogen and oxygen atoms in total. The molecule has 17 heavy (non-hydrogen) atoms. The van der Waals surface area contributed by atoms with E-state index in [1.165, 1.54) is 11.1 Å². The summed E-state index contributed by atoms with van der Waals surface area (Å²) < 4.78 is 0. The third kappa shape index (κ3) is 2.88. The van der Waals surface area contributed by atoms with E-state index in [2.05, 4.69) is 47.3 Å². The monoisotopic (exact) mass is 227 g/mol. The molecular formula is C14H17N3. The predicted octanol–water partition coefficient (Wildman–Crippen LogP) is 2.56. The maximum absolute atomic E-state index is 4.35. The van der Waals surface area contributed by atoms with Gasteiger partial charge < -0.3 is 5.32 Å². The Hall–Kier alpha value is -1.74. The maximum atomic E-state index is 4.35. The zero-order valence-corrected chi connectivity index (χ0v) is 10.3. The number of hydrogen-bond acceptors (Lipinski definition) is 3. The van der Waals surface area contributed by atoms with Gasteiger partial charge in [0.15, 0.2) is 0 Å². The van der Waals surface area contributed by atoms with Gasteiger partial charge in [0.1, 0.15) is 0 Å². The second kappa shape index (κ2) is 5.55. The van der Waals surface area contributed by atoms with Crippen LogP contribution in [0, 0.1) is 6.92 Å². The minimum absolute atomic E-state index is 0.893. The number of benzene rings is 1. The fraction of sp³-hybridized carbons (Fsp3) is 0.286. The molecule has 1 aromatic heterocycles. The first-order chi connectivity index (χ1) is 8.31. The van der Waals surface area contributed by atoms with Crippen LogP contribution in [0.3, 0.4) is 0 Å². The highest BCUT2D eigenvalue weighted by Gasteiger charge is 2.04. The summed E-state index contributed by atoms with van der Waals surface area (Å²) in [4.78, 5) is 8.46. The van der Waals surface area contributed by atoms with E-state index in [0.29, 0.717) is 0 Å². The van der Waals surface area contributed by atoms with Crippen LogP contribution in [0.2, 0.25) is 0 Å². The fourth-order valence-electron chi connectivity index (χ4n) is 1.76. The molecule has 0 aliphatic rings. The van der Waals surface area contributed by atoms with Crippen molar-refractivity contribution in [3.63, 3.8) is 0 Å². The van der Waals surface area contributed by atoms with Crippen LogP contribution in [0.1, 0.15) is 18.1 Å². The number of nitrogens with zero attached hydrogens (tertiary/aromatic N) is 2. The van der Waals surface area contributed by atoms with Crippen molar-refractivity contribution in [2.24, 2.45) is 0 Å². The van der Waals surface area contributed by atoms with E-state index in [-0.39, 0.29) is 0 Å². The molecule has 1 aromatic carbocycles. The molecule has 3 heteroatoms. The van der Waals surface area contributed by atoms with Crippen LogP contribution < -0.4 is 5.32 Å². The van der Waals surface area contributed by atoms with E-state index in [4.69, 9.17) is 0 Å². The second-order valence-corrected chi connectivity index (χ2v) is 4.02. The molecule has 0 unspecified atom stereocenters. The Bertz CT molecular complexity index is 480. The third-order valence-electron chi connectivity index (χ3n) is 2.72. The van der Waals surface area contributed by atoms with Gasteiger partial charge in [-0.1, -0.05) is 19.1 Å². The molecule has 0 radical (unpaired) electrons. The van der Waals surface area contributed by atoms with Crippen LogP contribution >= 0.6 is 0 Å². The van der Waals surface area contributed by atoms with Gasteiger partial charge in [-0.15, -0.1) is 0 Å². The lowest BCUT2D eigenvalue weighted by Crippen LogP contribution is -2.11. The van der Waals surface area contributed by atoms with Crippen molar-refractivity contribution in [1.82, 2.24) is 15.3 Å². The van der Waals surface area contributed by atoms with Crippen LogP contribution in [-0.4, -0.2) is 16.5 Å². The molecule has 0 fully saturated rings. The summed E-state index contributed by atoms with van der Waals surface area (Å²) in [6, 6.07) is 6.47. The summed E-state index contributed by atoms with van der Waals surface area (Å²) in [6.45, 7) is 6.08. The van der Waals surface area contributed by atoms with E-state index < -0.39 is 0 Å². The molecule has 0 bridgehead atoms. The average Bonchev–Trinajstić information content (AvgIpc) is 2.39. The van der Waals surface area contributed by atoms with Gasteiger partial charge in [0.2, 0.25) is 0 Å². The average molecular weight is 227 g/mol. The first kappa shape index (κ1) is 11.7. The molecule has 0 aliphatic heterocycles. The highest BCUT2D eigenvalue weighted by molar-refractivity contribution is 5.63. The summed E-state index contributed by atoms with van der Waals surface area (Å²) >= 11 is 0. The molecule has 0 spiro atoms. The molecule has 2 rings (SSSR count). The van der Waals surface area contributed by atoms with Crippen LogP contribution in [0.25, 0.3) is 11.3 Å². The van der Waals surface area contributed by atoms with E-state index in [1.807, 2.05) is 0 Å². The highest BCUT2D eigenvalue weighted by atomic mass is 14.8. The Labute approximate surface area is 102 Å². The molecule has 0 amide bonds. The molecule has 2 aromatic rings. The zero-order chi connectivity index (χ0) is 12.1. The first-order valence-corrected chi connectivity index (χ1v) is 5.88. The van der Waals surface area contributed by atoms with Crippen LogP contribution in [-0.2, 0) is 6.54 Å². The quantitative estimate of drug-likeness (QED) is 0.872. The third-order valence-corrected chi connectivity index (χ3v) is 2.72. The summed E-state index contributed by atoms with van der Waals surface area (Å²) in [7, 11) is 0. The Morgan fingerprint density at radius 3 is 2.82 bits per heavy atom. The SMILES string of the molecule is CCNCc1ccc(C)c(-c2cnccn2)c1. The Balaban J connectivity index is 2.33. The highest BCUT2D eigenvalue weighted by Crippen LogP contribution is 2.21. The summed E-state index contributed by atoms with van der Waals surface area (Å²) in [5.41, 5.74) is 4.60. The lowest BCUT2D eigenvalue weighted by Gasteiger charge is -2.08. The Kier molecular flexibility index (Phi) is 3.83. The summed E-state index contributed by atoms with van der Waals surface area (Å²) in [5.74, 6) is 0. The van der Waals surface area contributed by atoms with Gasteiger partial charge in [0.25, 0.3) is 0 Å². The molecule has 0 saturated heterocycles. The molecule has 1 N–H and O–H groups in total.